The smallest absolute Gasteiger partial charge is 0.362 e. The van der Waals surface area contributed by atoms with Crippen LogP contribution in [0.4, 0.5) is 27.6 Å². The van der Waals surface area contributed by atoms with Crippen molar-refractivity contribution in [3.05, 3.63) is 54.1 Å². The molecule has 0 aliphatic carbocycles. The summed E-state index contributed by atoms with van der Waals surface area (Å²) in [6.45, 7) is -2.08. The number of halogens is 5. The maximum atomic E-state index is 13.2. The number of para-hydroxylation sites is 1. The fourth-order valence-electron chi connectivity index (χ4n) is 3.51. The molecule has 2 aromatic rings. The van der Waals surface area contributed by atoms with E-state index in [9.17, 15) is 36.3 Å². The molecule has 0 spiro atoms. The van der Waals surface area contributed by atoms with Crippen molar-refractivity contribution >= 4 is 23.4 Å². The van der Waals surface area contributed by atoms with E-state index >= 15 is 0 Å². The third-order valence-corrected chi connectivity index (χ3v) is 5.30. The third-order valence-electron chi connectivity index (χ3n) is 5.30. The van der Waals surface area contributed by atoms with Crippen molar-refractivity contribution < 1.29 is 41.1 Å². The number of carbonyl (C=O) groups is 3. The average molecular weight is 485 g/mol. The van der Waals surface area contributed by atoms with Gasteiger partial charge in [0.15, 0.2) is 0 Å². The lowest BCUT2D eigenvalue weighted by Crippen LogP contribution is -2.53. The van der Waals surface area contributed by atoms with Crippen molar-refractivity contribution in [1.29, 1.82) is 0 Å². The predicted octanol–water partition coefficient (Wildman–Crippen LogP) is 2.82. The minimum atomic E-state index is -5.89. The quantitative estimate of drug-likeness (QED) is 0.487. The lowest BCUT2D eigenvalue weighted by atomic mass is 9.95. The van der Waals surface area contributed by atoms with E-state index in [1.165, 1.54) is 17.3 Å². The fraction of sp³-hybridized carbons (Fsp3) is 0.318. The van der Waals surface area contributed by atoms with Gasteiger partial charge in [-0.25, -0.2) is 0 Å². The van der Waals surface area contributed by atoms with Crippen molar-refractivity contribution in [2.75, 3.05) is 25.6 Å². The molecular formula is C22H20F5N3O4. The van der Waals surface area contributed by atoms with Gasteiger partial charge in [-0.05, 0) is 17.2 Å². The van der Waals surface area contributed by atoms with Crippen LogP contribution < -0.4 is 15.5 Å². The van der Waals surface area contributed by atoms with Crippen LogP contribution in [0.2, 0.25) is 0 Å². The number of nitrogens with zero attached hydrogens (tertiary/aromatic N) is 1. The molecule has 1 heterocycles. The van der Waals surface area contributed by atoms with E-state index in [0.717, 1.165) is 7.11 Å². The molecular weight excluding hydrogens is 465 g/mol. The highest BCUT2D eigenvalue weighted by molar-refractivity contribution is 6.09. The van der Waals surface area contributed by atoms with Crippen LogP contribution in [-0.4, -0.2) is 56.6 Å². The maximum Gasteiger partial charge on any atom is 0.455 e. The van der Waals surface area contributed by atoms with Crippen molar-refractivity contribution in [1.82, 2.24) is 10.6 Å². The molecule has 1 aliphatic rings. The topological polar surface area (TPSA) is 87.7 Å². The standard InChI is InChI=1S/C22H20F5N3O4/c1-30-15-10-6-5-8-13(15)12-7-3-4-9-14(12)16(20(30)33)29-19(32)17(34-2)18(31)28-11-21(23,24)22(25,26)27/h3-10,16-17H,11H2,1-2H3,(H,28,31)(H,29,32)/t16?,17-/m0/s1. The molecule has 3 rings (SSSR count). The summed E-state index contributed by atoms with van der Waals surface area (Å²) in [5.74, 6) is -8.48. The molecule has 2 aromatic carbocycles. The molecule has 0 saturated heterocycles. The molecule has 0 radical (unpaired) electrons. The Morgan fingerprint density at radius 3 is 2.21 bits per heavy atom. The van der Waals surface area contributed by atoms with Gasteiger partial charge in [0.05, 0.1) is 12.2 Å². The SMILES string of the molecule is CO[C@@H](C(=O)NCC(F)(F)C(F)(F)F)C(=O)NC1C(=O)N(C)c2ccccc2-c2ccccc21. The molecule has 2 atom stereocenters. The molecule has 2 N–H and O–H groups in total. The molecule has 0 bridgehead atoms. The number of methoxy groups -OCH3 is 1. The number of alkyl halides is 5. The highest BCUT2D eigenvalue weighted by atomic mass is 19.4. The Kier molecular flexibility index (Phi) is 6.92. The van der Waals surface area contributed by atoms with Crippen molar-refractivity contribution in [2.45, 2.75) is 24.2 Å². The Bertz CT molecular complexity index is 1110. The second-order valence-corrected chi connectivity index (χ2v) is 7.48. The summed E-state index contributed by atoms with van der Waals surface area (Å²) in [5.41, 5.74) is 2.30. The van der Waals surface area contributed by atoms with Gasteiger partial charge < -0.3 is 20.3 Å². The minimum absolute atomic E-state index is 0.400. The number of ether oxygens (including phenoxy) is 1. The second kappa shape index (κ2) is 9.37. The molecule has 34 heavy (non-hydrogen) atoms. The lowest BCUT2D eigenvalue weighted by molar-refractivity contribution is -0.278. The van der Waals surface area contributed by atoms with Gasteiger partial charge >= 0.3 is 12.1 Å². The number of fused-ring (bicyclic) bond motifs is 3. The first kappa shape index (κ1) is 25.1. The Hall–Kier alpha value is -3.54. The van der Waals surface area contributed by atoms with Gasteiger partial charge in [0.25, 0.3) is 17.7 Å². The van der Waals surface area contributed by atoms with Gasteiger partial charge in [-0.3, -0.25) is 14.4 Å². The van der Waals surface area contributed by atoms with Gasteiger partial charge in [0.1, 0.15) is 6.04 Å². The number of nitrogens with one attached hydrogen (secondary N) is 2. The summed E-state index contributed by atoms with van der Waals surface area (Å²) >= 11 is 0. The number of hydrogen-bond acceptors (Lipinski definition) is 4. The maximum absolute atomic E-state index is 13.2. The molecule has 3 amide bonds. The first-order chi connectivity index (χ1) is 15.9. The van der Waals surface area contributed by atoms with Crippen LogP contribution >= 0.6 is 0 Å². The molecule has 0 aromatic heterocycles. The van der Waals surface area contributed by atoms with E-state index in [0.29, 0.717) is 22.4 Å². The fourth-order valence-corrected chi connectivity index (χ4v) is 3.51. The number of anilines is 1. The first-order valence-corrected chi connectivity index (χ1v) is 9.90. The van der Waals surface area contributed by atoms with Gasteiger partial charge in [0, 0.05) is 19.7 Å². The lowest BCUT2D eigenvalue weighted by Gasteiger charge is -2.25. The molecule has 1 aliphatic heterocycles. The summed E-state index contributed by atoms with van der Waals surface area (Å²) in [4.78, 5) is 39.5. The normalized spacial score (nSPS) is 16.7. The second-order valence-electron chi connectivity index (χ2n) is 7.48. The predicted molar refractivity (Wildman–Crippen MR) is 111 cm³/mol. The van der Waals surface area contributed by atoms with Crippen LogP contribution in [0, 0.1) is 0 Å². The number of benzene rings is 2. The van der Waals surface area contributed by atoms with E-state index in [-0.39, 0.29) is 0 Å². The number of carbonyl (C=O) groups excluding carboxylic acids is 3. The summed E-state index contributed by atoms with van der Waals surface area (Å²) < 4.78 is 68.1. The molecule has 0 saturated carbocycles. The zero-order valence-corrected chi connectivity index (χ0v) is 18.0. The summed E-state index contributed by atoms with van der Waals surface area (Å²) in [7, 11) is 2.39. The summed E-state index contributed by atoms with van der Waals surface area (Å²) in [6.07, 6.45) is -7.97. The van der Waals surface area contributed by atoms with Gasteiger partial charge in [0.2, 0.25) is 6.10 Å². The van der Waals surface area contributed by atoms with Crippen LogP contribution in [0.3, 0.4) is 0 Å². The van der Waals surface area contributed by atoms with E-state index in [1.54, 1.807) is 48.5 Å². The third kappa shape index (κ3) is 4.72. The Morgan fingerprint density at radius 2 is 1.59 bits per heavy atom. The van der Waals surface area contributed by atoms with Crippen LogP contribution in [0.15, 0.2) is 48.5 Å². The zero-order valence-electron chi connectivity index (χ0n) is 18.0. The highest BCUT2D eigenvalue weighted by Crippen LogP contribution is 2.39. The van der Waals surface area contributed by atoms with Crippen LogP contribution in [0.1, 0.15) is 11.6 Å². The average Bonchev–Trinajstić information content (AvgIpc) is 2.87. The van der Waals surface area contributed by atoms with E-state index < -0.39 is 48.5 Å². The van der Waals surface area contributed by atoms with Gasteiger partial charge in [-0.2, -0.15) is 22.0 Å². The highest BCUT2D eigenvalue weighted by Gasteiger charge is 2.57. The van der Waals surface area contributed by atoms with Crippen LogP contribution in [0.5, 0.6) is 0 Å². The largest absolute Gasteiger partial charge is 0.455 e. The Labute approximate surface area is 190 Å². The number of hydrogen-bond donors (Lipinski definition) is 2. The summed E-state index contributed by atoms with van der Waals surface area (Å²) in [5, 5.41) is 3.74. The molecule has 1 unspecified atom stereocenters. The zero-order chi connectivity index (χ0) is 25.3. The monoisotopic (exact) mass is 485 g/mol. The van der Waals surface area contributed by atoms with Crippen molar-refractivity contribution in [2.24, 2.45) is 0 Å². The number of amides is 3. The summed E-state index contributed by atoms with van der Waals surface area (Å²) in [6, 6.07) is 12.4. The van der Waals surface area contributed by atoms with E-state index in [2.05, 4.69) is 5.32 Å². The van der Waals surface area contributed by atoms with Crippen molar-refractivity contribution in [3.63, 3.8) is 0 Å². The molecule has 0 fully saturated rings. The Morgan fingerprint density at radius 1 is 1.00 bits per heavy atom. The first-order valence-electron chi connectivity index (χ1n) is 9.90. The van der Waals surface area contributed by atoms with Crippen molar-refractivity contribution in [3.8, 4) is 11.1 Å². The van der Waals surface area contributed by atoms with Crippen LogP contribution in [0.25, 0.3) is 11.1 Å². The van der Waals surface area contributed by atoms with Gasteiger partial charge in [-0.15, -0.1) is 0 Å². The minimum Gasteiger partial charge on any atom is -0.362 e. The number of likely N-dealkylation sites (N-methyl/N-ethyl adjacent to an activating group) is 1. The number of rotatable bonds is 6. The van der Waals surface area contributed by atoms with Gasteiger partial charge in [-0.1, -0.05) is 42.5 Å². The molecule has 182 valence electrons. The van der Waals surface area contributed by atoms with E-state index in [4.69, 9.17) is 4.74 Å². The molecule has 7 nitrogen and oxygen atoms in total. The molecule has 12 heteroatoms. The van der Waals surface area contributed by atoms with E-state index in [1.807, 2.05) is 0 Å². The van der Waals surface area contributed by atoms with Crippen LogP contribution in [-0.2, 0) is 19.1 Å². The Balaban J connectivity index is 1.85.